The molecule has 0 fully saturated rings. The molecule has 0 unspecified atom stereocenters. The fourth-order valence-electron chi connectivity index (χ4n) is 1.67. The van der Waals surface area contributed by atoms with Crippen LogP contribution in [0.2, 0.25) is 0 Å². The molecule has 0 N–H and O–H groups in total. The van der Waals surface area contributed by atoms with Gasteiger partial charge in [0.05, 0.1) is 11.6 Å². The molecule has 90 valence electrons. The van der Waals surface area contributed by atoms with Crippen LogP contribution in [0.3, 0.4) is 0 Å². The number of nitrogens with zero attached hydrogens (tertiary/aromatic N) is 2. The molecule has 2 rings (SSSR count). The molecule has 0 bridgehead atoms. The number of nitriles is 1. The second kappa shape index (κ2) is 4.89. The maximum absolute atomic E-state index is 8.74. The van der Waals surface area contributed by atoms with E-state index in [4.69, 9.17) is 10.00 Å². The second-order valence-electron chi connectivity index (χ2n) is 4.49. The lowest BCUT2D eigenvalue weighted by Crippen LogP contribution is -2.25. The Bertz CT molecular complexity index is 553. The van der Waals surface area contributed by atoms with Crippen molar-refractivity contribution >= 4 is 0 Å². The van der Waals surface area contributed by atoms with Crippen molar-refractivity contribution in [2.45, 2.75) is 19.4 Å². The van der Waals surface area contributed by atoms with Crippen LogP contribution in [0.15, 0.2) is 48.8 Å². The number of pyridine rings is 1. The van der Waals surface area contributed by atoms with Gasteiger partial charge in [-0.15, -0.1) is 0 Å². The second-order valence-corrected chi connectivity index (χ2v) is 4.49. The molecule has 0 atom stereocenters. The van der Waals surface area contributed by atoms with Gasteiger partial charge in [0.1, 0.15) is 11.4 Å². The topological polar surface area (TPSA) is 45.9 Å². The van der Waals surface area contributed by atoms with Gasteiger partial charge in [-0.3, -0.25) is 4.98 Å². The summed E-state index contributed by atoms with van der Waals surface area (Å²) in [6.45, 7) is 3.98. The van der Waals surface area contributed by atoms with Gasteiger partial charge < -0.3 is 4.74 Å². The summed E-state index contributed by atoms with van der Waals surface area (Å²) in [5.74, 6) is 0.739. The van der Waals surface area contributed by atoms with Gasteiger partial charge in [0, 0.05) is 18.0 Å². The number of benzene rings is 1. The van der Waals surface area contributed by atoms with Crippen LogP contribution in [-0.2, 0) is 5.60 Å². The zero-order valence-electron chi connectivity index (χ0n) is 10.4. The Hall–Kier alpha value is -2.34. The molecular weight excluding hydrogens is 224 g/mol. The lowest BCUT2D eigenvalue weighted by Gasteiger charge is -2.26. The standard InChI is InChI=1S/C15H14N2O/c1-15(2,13-4-3-9-17-11-13)18-14-7-5-12(10-16)6-8-14/h3-9,11H,1-2H3. The first kappa shape index (κ1) is 12.1. The maximum Gasteiger partial charge on any atom is 0.130 e. The Kier molecular flexibility index (Phi) is 3.29. The summed E-state index contributed by atoms with van der Waals surface area (Å²) in [5, 5.41) is 8.74. The molecular formula is C15H14N2O. The molecule has 0 saturated carbocycles. The highest BCUT2D eigenvalue weighted by Crippen LogP contribution is 2.27. The summed E-state index contributed by atoms with van der Waals surface area (Å²) in [6, 6.07) is 13.0. The van der Waals surface area contributed by atoms with Crippen LogP contribution in [0, 0.1) is 11.3 Å². The molecule has 0 radical (unpaired) electrons. The van der Waals surface area contributed by atoms with Crippen molar-refractivity contribution in [3.63, 3.8) is 0 Å². The molecule has 0 amide bonds. The van der Waals surface area contributed by atoms with E-state index in [9.17, 15) is 0 Å². The predicted octanol–water partition coefficient (Wildman–Crippen LogP) is 3.27. The SMILES string of the molecule is CC(C)(Oc1ccc(C#N)cc1)c1cccnc1. The molecule has 0 aliphatic heterocycles. The first-order valence-corrected chi connectivity index (χ1v) is 5.71. The molecule has 0 spiro atoms. The summed E-state index contributed by atoms with van der Waals surface area (Å²) >= 11 is 0. The number of rotatable bonds is 3. The zero-order valence-corrected chi connectivity index (χ0v) is 10.4. The van der Waals surface area contributed by atoms with E-state index < -0.39 is 5.60 Å². The number of hydrogen-bond acceptors (Lipinski definition) is 3. The first-order chi connectivity index (χ1) is 8.62. The molecule has 2 aromatic rings. The van der Waals surface area contributed by atoms with Gasteiger partial charge in [-0.2, -0.15) is 5.26 Å². The van der Waals surface area contributed by atoms with Gasteiger partial charge in [0.15, 0.2) is 0 Å². The normalized spacial score (nSPS) is 10.7. The summed E-state index contributed by atoms with van der Waals surface area (Å²) < 4.78 is 5.94. The van der Waals surface area contributed by atoms with E-state index in [2.05, 4.69) is 11.1 Å². The van der Waals surface area contributed by atoms with E-state index in [0.717, 1.165) is 11.3 Å². The molecule has 1 heterocycles. The minimum Gasteiger partial charge on any atom is -0.483 e. The predicted molar refractivity (Wildman–Crippen MR) is 69.0 cm³/mol. The minimum atomic E-state index is -0.456. The maximum atomic E-state index is 8.74. The Morgan fingerprint density at radius 1 is 1.17 bits per heavy atom. The van der Waals surface area contributed by atoms with Gasteiger partial charge in [-0.25, -0.2) is 0 Å². The van der Waals surface area contributed by atoms with Crippen LogP contribution in [0.5, 0.6) is 5.75 Å². The van der Waals surface area contributed by atoms with Crippen molar-refractivity contribution in [2.75, 3.05) is 0 Å². The summed E-state index contributed by atoms with van der Waals surface area (Å²) in [4.78, 5) is 4.10. The molecule has 18 heavy (non-hydrogen) atoms. The van der Waals surface area contributed by atoms with Gasteiger partial charge in [0.2, 0.25) is 0 Å². The molecule has 0 aliphatic rings. The van der Waals surface area contributed by atoms with E-state index in [1.165, 1.54) is 0 Å². The average molecular weight is 238 g/mol. The third-order valence-corrected chi connectivity index (χ3v) is 2.71. The van der Waals surface area contributed by atoms with Crippen molar-refractivity contribution in [3.8, 4) is 11.8 Å². The van der Waals surface area contributed by atoms with E-state index in [1.807, 2.05) is 26.0 Å². The molecule has 3 heteroatoms. The highest BCUT2D eigenvalue weighted by atomic mass is 16.5. The smallest absolute Gasteiger partial charge is 0.130 e. The Morgan fingerprint density at radius 2 is 1.89 bits per heavy atom. The molecule has 0 saturated heterocycles. The molecule has 3 nitrogen and oxygen atoms in total. The Morgan fingerprint density at radius 3 is 2.44 bits per heavy atom. The van der Waals surface area contributed by atoms with E-state index in [0.29, 0.717) is 5.56 Å². The zero-order chi connectivity index (χ0) is 13.0. The van der Waals surface area contributed by atoms with Crippen molar-refractivity contribution < 1.29 is 4.74 Å². The van der Waals surface area contributed by atoms with Crippen molar-refractivity contribution in [2.24, 2.45) is 0 Å². The van der Waals surface area contributed by atoms with Gasteiger partial charge in [-0.1, -0.05) is 6.07 Å². The van der Waals surface area contributed by atoms with E-state index in [1.54, 1.807) is 36.7 Å². The lowest BCUT2D eigenvalue weighted by molar-refractivity contribution is 0.108. The Labute approximate surface area is 107 Å². The monoisotopic (exact) mass is 238 g/mol. The molecule has 1 aromatic heterocycles. The molecule has 0 aliphatic carbocycles. The summed E-state index contributed by atoms with van der Waals surface area (Å²) in [6.07, 6.45) is 3.53. The van der Waals surface area contributed by atoms with Crippen LogP contribution < -0.4 is 4.74 Å². The quantitative estimate of drug-likeness (QED) is 0.824. The summed E-state index contributed by atoms with van der Waals surface area (Å²) in [7, 11) is 0. The number of ether oxygens (including phenoxy) is 1. The largest absolute Gasteiger partial charge is 0.483 e. The van der Waals surface area contributed by atoms with Gasteiger partial charge in [0.25, 0.3) is 0 Å². The van der Waals surface area contributed by atoms with Crippen molar-refractivity contribution in [1.29, 1.82) is 5.26 Å². The van der Waals surface area contributed by atoms with Crippen LogP contribution in [-0.4, -0.2) is 4.98 Å². The van der Waals surface area contributed by atoms with Crippen molar-refractivity contribution in [1.82, 2.24) is 4.98 Å². The van der Waals surface area contributed by atoms with Crippen molar-refractivity contribution in [3.05, 3.63) is 59.9 Å². The summed E-state index contributed by atoms with van der Waals surface area (Å²) in [5.41, 5.74) is 1.18. The van der Waals surface area contributed by atoms with Crippen LogP contribution >= 0.6 is 0 Å². The molecule has 1 aromatic carbocycles. The first-order valence-electron chi connectivity index (χ1n) is 5.71. The fourth-order valence-corrected chi connectivity index (χ4v) is 1.67. The van der Waals surface area contributed by atoms with Crippen LogP contribution in [0.25, 0.3) is 0 Å². The lowest BCUT2D eigenvalue weighted by atomic mass is 10.00. The third-order valence-electron chi connectivity index (χ3n) is 2.71. The highest BCUT2D eigenvalue weighted by Gasteiger charge is 2.22. The van der Waals surface area contributed by atoms with Crippen LogP contribution in [0.1, 0.15) is 25.0 Å². The number of hydrogen-bond donors (Lipinski definition) is 0. The van der Waals surface area contributed by atoms with Crippen LogP contribution in [0.4, 0.5) is 0 Å². The third kappa shape index (κ3) is 2.67. The Balaban J connectivity index is 2.20. The fraction of sp³-hybridized carbons (Fsp3) is 0.200. The highest BCUT2D eigenvalue weighted by molar-refractivity contribution is 5.35. The number of aromatic nitrogens is 1. The van der Waals surface area contributed by atoms with Gasteiger partial charge in [-0.05, 0) is 44.2 Å². The van der Waals surface area contributed by atoms with E-state index >= 15 is 0 Å². The van der Waals surface area contributed by atoms with E-state index in [-0.39, 0.29) is 0 Å². The van der Waals surface area contributed by atoms with Gasteiger partial charge >= 0.3 is 0 Å². The average Bonchev–Trinajstić information content (AvgIpc) is 2.40. The minimum absolute atomic E-state index is 0.456.